The van der Waals surface area contributed by atoms with E-state index >= 15 is 0 Å². The number of anilines is 1. The molecule has 0 bridgehead atoms. The minimum absolute atomic E-state index is 0.0151. The summed E-state index contributed by atoms with van der Waals surface area (Å²) >= 11 is 6.12. The number of amides is 1. The highest BCUT2D eigenvalue weighted by Gasteiger charge is 2.37. The van der Waals surface area contributed by atoms with E-state index in [1.807, 2.05) is 6.07 Å². The monoisotopic (exact) mass is 458 g/mol. The van der Waals surface area contributed by atoms with Crippen molar-refractivity contribution in [2.24, 2.45) is 0 Å². The second-order valence-corrected chi connectivity index (χ2v) is 7.99. The number of cyclic esters (lactones) is 1. The Bertz CT molecular complexity index is 1250. The molecule has 3 heterocycles. The molecule has 1 fully saturated rings. The number of nitrogens with one attached hydrogen (secondary N) is 2. The third kappa shape index (κ3) is 4.09. The van der Waals surface area contributed by atoms with Gasteiger partial charge in [0, 0.05) is 23.9 Å². The largest absolute Gasteiger partial charge is 0.433 e. The topological polar surface area (TPSA) is 128 Å². The van der Waals surface area contributed by atoms with E-state index in [-0.39, 0.29) is 12.0 Å². The van der Waals surface area contributed by atoms with Crippen LogP contribution in [-0.4, -0.2) is 40.4 Å². The van der Waals surface area contributed by atoms with Gasteiger partial charge < -0.3 is 30.1 Å². The van der Waals surface area contributed by atoms with Crippen LogP contribution in [0.3, 0.4) is 0 Å². The van der Waals surface area contributed by atoms with Gasteiger partial charge in [-0.05, 0) is 43.7 Å². The van der Waals surface area contributed by atoms with Crippen LogP contribution in [0.4, 0.5) is 5.69 Å². The number of hydrogen-bond donors (Lipinski definition) is 3. The molecule has 4 rings (SSSR count). The molecule has 0 spiro atoms. The number of nitrogens with two attached hydrogens (primary N) is 1. The highest BCUT2D eigenvalue weighted by atomic mass is 35.5. The summed E-state index contributed by atoms with van der Waals surface area (Å²) in [6.07, 6.45) is 0.751. The number of carbonyl (C=O) groups excluding carboxylic acids is 2. The van der Waals surface area contributed by atoms with Crippen molar-refractivity contribution in [1.29, 1.82) is 0 Å². The summed E-state index contributed by atoms with van der Waals surface area (Å²) in [6.45, 7) is 3.72. The number of aromatic amines is 1. The predicted octanol–water partition coefficient (Wildman–Crippen LogP) is 2.59. The molecule has 2 aromatic heterocycles. The maximum atomic E-state index is 13.1. The average molecular weight is 459 g/mol. The van der Waals surface area contributed by atoms with Crippen molar-refractivity contribution in [3.05, 3.63) is 51.9 Å². The quantitative estimate of drug-likeness (QED) is 0.384. The number of halogens is 1. The van der Waals surface area contributed by atoms with Crippen LogP contribution < -0.4 is 16.6 Å². The molecular formula is C22H23ClN4O5. The maximum absolute atomic E-state index is 13.1. The van der Waals surface area contributed by atoms with E-state index in [4.69, 9.17) is 26.8 Å². The van der Waals surface area contributed by atoms with Crippen molar-refractivity contribution >= 4 is 40.1 Å². The third-order valence-corrected chi connectivity index (χ3v) is 5.77. The van der Waals surface area contributed by atoms with Crippen LogP contribution in [0.5, 0.6) is 0 Å². The fourth-order valence-corrected chi connectivity index (χ4v) is 3.87. The van der Waals surface area contributed by atoms with Gasteiger partial charge in [-0.25, -0.2) is 0 Å². The minimum atomic E-state index is -0.833. The van der Waals surface area contributed by atoms with Crippen molar-refractivity contribution in [3.8, 4) is 11.3 Å². The van der Waals surface area contributed by atoms with Crippen LogP contribution in [0, 0.1) is 0 Å². The van der Waals surface area contributed by atoms with E-state index < -0.39 is 30.3 Å². The lowest BCUT2D eigenvalue weighted by Crippen LogP contribution is -2.45. The lowest BCUT2D eigenvalue weighted by molar-refractivity contribution is -0.164. The number of fused-ring (bicyclic) bond motifs is 1. The van der Waals surface area contributed by atoms with Crippen molar-refractivity contribution in [2.75, 3.05) is 12.3 Å². The summed E-state index contributed by atoms with van der Waals surface area (Å²) in [5.74, 6) is -0.863. The van der Waals surface area contributed by atoms with Gasteiger partial charge in [0.05, 0.1) is 17.1 Å². The number of rotatable bonds is 6. The van der Waals surface area contributed by atoms with Crippen molar-refractivity contribution in [3.63, 3.8) is 0 Å². The number of aromatic nitrogens is 2. The Morgan fingerprint density at radius 3 is 2.88 bits per heavy atom. The number of esters is 1. The van der Waals surface area contributed by atoms with Crippen LogP contribution in [0.15, 0.2) is 41.3 Å². The Morgan fingerprint density at radius 1 is 1.38 bits per heavy atom. The van der Waals surface area contributed by atoms with E-state index in [9.17, 15) is 14.4 Å². The van der Waals surface area contributed by atoms with Crippen molar-refractivity contribution in [2.45, 2.75) is 38.6 Å². The fraction of sp³-hybridized carbons (Fsp3) is 0.318. The molecular weight excluding hydrogens is 436 g/mol. The number of nitrogens with zero attached hydrogens (tertiary/aromatic N) is 1. The molecule has 10 heteroatoms. The molecule has 4 N–H and O–H groups in total. The van der Waals surface area contributed by atoms with Crippen LogP contribution in [-0.2, 0) is 19.1 Å². The maximum Gasteiger partial charge on any atom is 0.310 e. The summed E-state index contributed by atoms with van der Waals surface area (Å²) < 4.78 is 11.8. The second kappa shape index (κ2) is 8.68. The molecule has 1 aliphatic rings. The SMILES string of the molecule is CCOC1OC(=O)C[C@@H]1NC(=O)[C@H](C)n1ccc2cc(-c3ccc(N)c(Cl)c3)[nH]c2c1=O. The average Bonchev–Trinajstić information content (AvgIpc) is 3.34. The van der Waals surface area contributed by atoms with Gasteiger partial charge in [-0.3, -0.25) is 14.4 Å². The van der Waals surface area contributed by atoms with Crippen LogP contribution in [0.25, 0.3) is 22.2 Å². The molecule has 3 atom stereocenters. The number of carbonyl (C=O) groups is 2. The zero-order valence-electron chi connectivity index (χ0n) is 17.6. The summed E-state index contributed by atoms with van der Waals surface area (Å²) in [6, 6.07) is 7.38. The summed E-state index contributed by atoms with van der Waals surface area (Å²) in [7, 11) is 0. The Kier molecular flexibility index (Phi) is 5.94. The first kappa shape index (κ1) is 21.9. The Balaban J connectivity index is 1.59. The molecule has 0 saturated carbocycles. The van der Waals surface area contributed by atoms with E-state index in [1.165, 1.54) is 4.57 Å². The summed E-state index contributed by atoms with van der Waals surface area (Å²) in [4.78, 5) is 40.6. The molecule has 1 amide bonds. The van der Waals surface area contributed by atoms with Gasteiger partial charge in [0.25, 0.3) is 5.56 Å². The number of pyridine rings is 1. The first-order valence-electron chi connectivity index (χ1n) is 10.2. The van der Waals surface area contributed by atoms with Crippen molar-refractivity contribution < 1.29 is 19.1 Å². The van der Waals surface area contributed by atoms with Crippen LogP contribution in [0.2, 0.25) is 5.02 Å². The highest BCUT2D eigenvalue weighted by Crippen LogP contribution is 2.28. The summed E-state index contributed by atoms with van der Waals surface area (Å²) in [5, 5.41) is 3.88. The zero-order chi connectivity index (χ0) is 23.0. The highest BCUT2D eigenvalue weighted by molar-refractivity contribution is 6.33. The van der Waals surface area contributed by atoms with Gasteiger partial charge in [-0.1, -0.05) is 17.7 Å². The number of nitrogen functional groups attached to an aromatic ring is 1. The zero-order valence-corrected chi connectivity index (χ0v) is 18.3. The van der Waals surface area contributed by atoms with Crippen molar-refractivity contribution in [1.82, 2.24) is 14.9 Å². The standard InChI is InChI=1S/C22H23ClN4O5/c1-3-31-22-17(10-18(28)32-22)26-20(29)11(2)27-7-6-13-9-16(25-19(13)21(27)30)12-4-5-15(24)14(23)8-12/h4-9,11,17,22,25H,3,10,24H2,1-2H3,(H,26,29)/t11-,17-,22?/m0/s1. The molecule has 168 valence electrons. The molecule has 9 nitrogen and oxygen atoms in total. The second-order valence-electron chi connectivity index (χ2n) is 7.59. The molecule has 32 heavy (non-hydrogen) atoms. The molecule has 0 aliphatic carbocycles. The fourth-order valence-electron chi connectivity index (χ4n) is 3.69. The molecule has 3 aromatic rings. The number of hydrogen-bond acceptors (Lipinski definition) is 6. The van der Waals surface area contributed by atoms with Gasteiger partial charge in [-0.2, -0.15) is 0 Å². The smallest absolute Gasteiger partial charge is 0.310 e. The lowest BCUT2D eigenvalue weighted by atomic mass is 10.1. The normalized spacial score (nSPS) is 19.2. The number of ether oxygens (including phenoxy) is 2. The molecule has 0 radical (unpaired) electrons. The van der Waals surface area contributed by atoms with E-state index in [2.05, 4.69) is 10.3 Å². The molecule has 1 saturated heterocycles. The predicted molar refractivity (Wildman–Crippen MR) is 120 cm³/mol. The van der Waals surface area contributed by atoms with Crippen LogP contribution >= 0.6 is 11.6 Å². The van der Waals surface area contributed by atoms with Gasteiger partial charge in [0.2, 0.25) is 12.2 Å². The number of H-pyrrole nitrogens is 1. The van der Waals surface area contributed by atoms with Gasteiger partial charge in [0.1, 0.15) is 17.6 Å². The Morgan fingerprint density at radius 2 is 2.16 bits per heavy atom. The van der Waals surface area contributed by atoms with Gasteiger partial charge >= 0.3 is 5.97 Å². The van der Waals surface area contributed by atoms with E-state index in [0.717, 1.165) is 5.56 Å². The minimum Gasteiger partial charge on any atom is -0.433 e. The molecule has 1 unspecified atom stereocenters. The van der Waals surface area contributed by atoms with E-state index in [1.54, 1.807) is 44.3 Å². The Labute approximate surface area is 188 Å². The first-order chi connectivity index (χ1) is 15.3. The van der Waals surface area contributed by atoms with Gasteiger partial charge in [-0.15, -0.1) is 0 Å². The first-order valence-corrected chi connectivity index (χ1v) is 10.6. The Hall–Kier alpha value is -3.30. The number of benzene rings is 1. The van der Waals surface area contributed by atoms with E-state index in [0.29, 0.717) is 33.9 Å². The van der Waals surface area contributed by atoms with Gasteiger partial charge in [0.15, 0.2) is 0 Å². The molecule has 1 aromatic carbocycles. The summed E-state index contributed by atoms with van der Waals surface area (Å²) in [5.41, 5.74) is 7.74. The van der Waals surface area contributed by atoms with Crippen LogP contribution in [0.1, 0.15) is 26.3 Å². The molecule has 1 aliphatic heterocycles. The lowest BCUT2D eigenvalue weighted by Gasteiger charge is -2.21. The third-order valence-electron chi connectivity index (χ3n) is 5.44.